The summed E-state index contributed by atoms with van der Waals surface area (Å²) in [6, 6.07) is 32.2. The van der Waals surface area contributed by atoms with Crippen molar-refractivity contribution in [2.75, 3.05) is 19.0 Å². The van der Waals surface area contributed by atoms with Crippen LogP contribution in [0.25, 0.3) is 0 Å². The van der Waals surface area contributed by atoms with E-state index in [0.717, 1.165) is 29.5 Å². The Labute approximate surface area is 302 Å². The quantitative estimate of drug-likeness (QED) is 0.127. The topological polar surface area (TPSA) is 99.1 Å². The van der Waals surface area contributed by atoms with Crippen molar-refractivity contribution in [3.05, 3.63) is 143 Å². The molecule has 266 valence electrons. The number of benzene rings is 4. The Hall–Kier alpha value is -4.72. The zero-order valence-electron chi connectivity index (χ0n) is 30.0. The number of amides is 2. The molecule has 2 bridgehead atoms. The maximum atomic E-state index is 14.4. The summed E-state index contributed by atoms with van der Waals surface area (Å²) in [5, 5.41) is 27.0. The summed E-state index contributed by atoms with van der Waals surface area (Å²) in [7, 11) is 1.60. The van der Waals surface area contributed by atoms with E-state index in [-0.39, 0.29) is 24.3 Å². The number of methoxy groups -OCH3 is 1. The van der Waals surface area contributed by atoms with E-state index in [2.05, 4.69) is 25.2 Å². The zero-order valence-corrected chi connectivity index (χ0v) is 30.0. The Morgan fingerprint density at radius 2 is 1.63 bits per heavy atom. The third-order valence-corrected chi connectivity index (χ3v) is 11.2. The van der Waals surface area contributed by atoms with Crippen LogP contribution in [0.1, 0.15) is 90.9 Å². The Morgan fingerprint density at radius 3 is 2.33 bits per heavy atom. The molecule has 3 aliphatic carbocycles. The number of rotatable bonds is 8. The number of fused-ring (bicyclic) bond motifs is 8. The van der Waals surface area contributed by atoms with Crippen molar-refractivity contribution in [2.45, 2.75) is 83.0 Å². The van der Waals surface area contributed by atoms with Gasteiger partial charge in [0.05, 0.1) is 25.4 Å². The lowest BCUT2D eigenvalue weighted by Crippen LogP contribution is -2.54. The van der Waals surface area contributed by atoms with Crippen LogP contribution < -0.4 is 10.1 Å². The lowest BCUT2D eigenvalue weighted by atomic mass is 9.64. The van der Waals surface area contributed by atoms with Gasteiger partial charge in [0.1, 0.15) is 5.75 Å². The normalized spacial score (nSPS) is 23.4. The molecule has 0 aliphatic heterocycles. The highest BCUT2D eigenvalue weighted by Gasteiger charge is 2.57. The molecule has 0 radical (unpaired) electrons. The largest absolute Gasteiger partial charge is 0.497 e. The Morgan fingerprint density at radius 1 is 0.922 bits per heavy atom. The number of ketones is 1. The van der Waals surface area contributed by atoms with E-state index in [1.807, 2.05) is 78.9 Å². The van der Waals surface area contributed by atoms with Crippen LogP contribution in [-0.4, -0.2) is 52.3 Å². The molecule has 1 fully saturated rings. The van der Waals surface area contributed by atoms with Crippen LogP contribution in [0, 0.1) is 5.41 Å². The first kappa shape index (κ1) is 36.1. The van der Waals surface area contributed by atoms with Crippen LogP contribution in [0.5, 0.6) is 5.75 Å². The van der Waals surface area contributed by atoms with Gasteiger partial charge in [-0.05, 0) is 117 Å². The number of aliphatic hydroxyl groups excluding tert-OH is 1. The Bertz CT molecular complexity index is 1840. The average Bonchev–Trinajstić information content (AvgIpc) is 3.39. The van der Waals surface area contributed by atoms with Gasteiger partial charge in [-0.1, -0.05) is 79.2 Å². The second kappa shape index (κ2) is 15.7. The van der Waals surface area contributed by atoms with Gasteiger partial charge in [-0.2, -0.15) is 0 Å². The number of nitrogens with one attached hydrogen (secondary N) is 1. The molecule has 51 heavy (non-hydrogen) atoms. The predicted octanol–water partition coefficient (Wildman–Crippen LogP) is 8.70. The minimum absolute atomic E-state index is 0.0995. The molecular formula is C44H50N2O5. The summed E-state index contributed by atoms with van der Waals surface area (Å²) < 4.78 is 5.35. The van der Waals surface area contributed by atoms with E-state index in [9.17, 15) is 19.8 Å². The fraction of sp³-hybridized carbons (Fsp3) is 0.364. The van der Waals surface area contributed by atoms with E-state index >= 15 is 0 Å². The van der Waals surface area contributed by atoms with Crippen molar-refractivity contribution in [2.24, 2.45) is 5.41 Å². The van der Waals surface area contributed by atoms with Gasteiger partial charge in [0.15, 0.2) is 5.78 Å². The van der Waals surface area contributed by atoms with Gasteiger partial charge in [0, 0.05) is 28.8 Å². The number of aliphatic hydroxyl groups is 2. The first-order chi connectivity index (χ1) is 24.6. The summed E-state index contributed by atoms with van der Waals surface area (Å²) in [6.45, 7) is 4.71. The molecule has 0 spiro atoms. The number of anilines is 1. The molecule has 0 saturated heterocycles. The first-order valence-electron chi connectivity index (χ1n) is 18.1. The number of hydrogen-bond donors (Lipinski definition) is 3. The molecule has 0 aromatic heterocycles. The molecule has 4 atom stereocenters. The van der Waals surface area contributed by atoms with Crippen molar-refractivity contribution >= 4 is 17.5 Å². The van der Waals surface area contributed by atoms with Gasteiger partial charge in [-0.3, -0.25) is 4.79 Å². The number of allylic oxidation sites excluding steroid dienone is 2. The van der Waals surface area contributed by atoms with Crippen LogP contribution in [0.15, 0.2) is 115 Å². The molecule has 1 saturated carbocycles. The highest BCUT2D eigenvalue weighted by molar-refractivity contribution is 6.10. The van der Waals surface area contributed by atoms with Crippen molar-refractivity contribution in [1.82, 2.24) is 4.90 Å². The summed E-state index contributed by atoms with van der Waals surface area (Å²) in [6.07, 6.45) is 6.06. The van der Waals surface area contributed by atoms with Crippen LogP contribution >= 0.6 is 0 Å². The third-order valence-electron chi connectivity index (χ3n) is 11.2. The first-order valence-corrected chi connectivity index (χ1v) is 18.1. The van der Waals surface area contributed by atoms with E-state index < -0.39 is 17.1 Å². The molecule has 0 unspecified atom stereocenters. The molecule has 7 heteroatoms. The van der Waals surface area contributed by atoms with E-state index in [1.165, 1.54) is 5.57 Å². The van der Waals surface area contributed by atoms with E-state index in [4.69, 9.17) is 4.74 Å². The fourth-order valence-electron chi connectivity index (χ4n) is 8.14. The lowest BCUT2D eigenvalue weighted by Gasteiger charge is -2.46. The van der Waals surface area contributed by atoms with Crippen LogP contribution in [0.2, 0.25) is 0 Å². The Kier molecular flexibility index (Phi) is 11.1. The number of nitrogens with zero attached hydrogens (tertiary/aromatic N) is 1. The minimum Gasteiger partial charge on any atom is -0.497 e. The van der Waals surface area contributed by atoms with Crippen molar-refractivity contribution < 1.29 is 24.5 Å². The molecule has 3 aliphatic rings. The maximum absolute atomic E-state index is 14.4. The van der Waals surface area contributed by atoms with E-state index in [1.54, 1.807) is 36.3 Å². The van der Waals surface area contributed by atoms with Crippen LogP contribution in [-0.2, 0) is 13.0 Å². The standard InChI is InChI=1S/C44H50N2O5/c1-31-11-10-25-43(2)40(38-23-17-33(27-36(47)20-16-31)28-39(38)41(48)34-18-21-37(51-3)22-19-34)24-26-44(43,50)30-46(29-32-12-6-4-7-13-32)42(49)45-35-14-8-5-9-15-35/h4-9,11-15,17-19,21-23,28,36,40,47,50H,10,16,20,24-27,29-30H2,1-3H3,(H,45,49)/t36-,40-,43-,44+/m0/s1. The van der Waals surface area contributed by atoms with Crippen molar-refractivity contribution in [3.63, 3.8) is 0 Å². The molecule has 2 amide bonds. The molecule has 0 heterocycles. The van der Waals surface area contributed by atoms with E-state index in [0.29, 0.717) is 61.2 Å². The summed E-state index contributed by atoms with van der Waals surface area (Å²) in [5.74, 6) is 0.412. The minimum atomic E-state index is -1.26. The maximum Gasteiger partial charge on any atom is 0.322 e. The predicted molar refractivity (Wildman–Crippen MR) is 202 cm³/mol. The molecular weight excluding hydrogens is 636 g/mol. The third kappa shape index (κ3) is 8.11. The summed E-state index contributed by atoms with van der Waals surface area (Å²) >= 11 is 0. The number of ether oxygens (including phenoxy) is 1. The number of carbonyl (C=O) groups is 2. The van der Waals surface area contributed by atoms with Gasteiger partial charge in [0.25, 0.3) is 0 Å². The molecule has 7 rings (SSSR count). The van der Waals surface area contributed by atoms with Gasteiger partial charge in [-0.15, -0.1) is 0 Å². The zero-order chi connectivity index (χ0) is 36.0. The summed E-state index contributed by atoms with van der Waals surface area (Å²) in [5.41, 5.74) is 3.88. The molecule has 3 N–H and O–H groups in total. The Balaban J connectivity index is 1.41. The van der Waals surface area contributed by atoms with Crippen molar-refractivity contribution in [1.29, 1.82) is 0 Å². The number of carbonyl (C=O) groups excluding carboxylic acids is 2. The summed E-state index contributed by atoms with van der Waals surface area (Å²) in [4.78, 5) is 30.1. The highest BCUT2D eigenvalue weighted by atomic mass is 16.5. The van der Waals surface area contributed by atoms with Crippen LogP contribution in [0.4, 0.5) is 10.5 Å². The van der Waals surface area contributed by atoms with Gasteiger partial charge in [-0.25, -0.2) is 4.79 Å². The monoisotopic (exact) mass is 686 g/mol. The number of urea groups is 1. The fourth-order valence-corrected chi connectivity index (χ4v) is 8.14. The lowest BCUT2D eigenvalue weighted by molar-refractivity contribution is -0.0773. The highest BCUT2D eigenvalue weighted by Crippen LogP contribution is 2.59. The molecule has 7 nitrogen and oxygen atoms in total. The average molecular weight is 687 g/mol. The smallest absolute Gasteiger partial charge is 0.322 e. The second-order valence-electron chi connectivity index (χ2n) is 14.6. The number of para-hydroxylation sites is 1. The molecule has 4 aromatic carbocycles. The van der Waals surface area contributed by atoms with Gasteiger partial charge >= 0.3 is 6.03 Å². The van der Waals surface area contributed by atoms with Gasteiger partial charge < -0.3 is 25.2 Å². The second-order valence-corrected chi connectivity index (χ2v) is 14.6. The van der Waals surface area contributed by atoms with Gasteiger partial charge in [0.2, 0.25) is 0 Å². The number of hydrogen-bond acceptors (Lipinski definition) is 5. The van der Waals surface area contributed by atoms with Crippen LogP contribution in [0.3, 0.4) is 0 Å². The van der Waals surface area contributed by atoms with Crippen molar-refractivity contribution in [3.8, 4) is 5.75 Å². The molecule has 4 aromatic rings. The SMILES string of the molecule is COc1ccc(C(=O)c2cc3ccc2[C@@H]2CC[C@@](O)(CN(Cc4ccccc4)C(=O)Nc4ccccc4)[C@@]2(C)CCC=C(C)CC[C@H](O)C3)cc1.